The maximum absolute atomic E-state index is 13.9. The molecule has 2 bridgehead atoms. The van der Waals surface area contributed by atoms with Gasteiger partial charge in [-0.25, -0.2) is 0 Å². The molecule has 2 heterocycles. The zero-order valence-corrected chi connectivity index (χ0v) is 20.0. The molecule has 3 aromatic carbocycles. The highest BCUT2D eigenvalue weighted by Gasteiger charge is 2.70. The number of benzene rings is 3. The van der Waals surface area contributed by atoms with Gasteiger partial charge in [-0.05, 0) is 41.2 Å². The Balaban J connectivity index is 1.46. The van der Waals surface area contributed by atoms with E-state index in [1.807, 2.05) is 0 Å². The highest BCUT2D eigenvalue weighted by molar-refractivity contribution is 5.88. The summed E-state index contributed by atoms with van der Waals surface area (Å²) >= 11 is 0. The van der Waals surface area contributed by atoms with Gasteiger partial charge in [-0.1, -0.05) is 72.8 Å². The number of hydrogen-bond donors (Lipinski definition) is 1. The summed E-state index contributed by atoms with van der Waals surface area (Å²) in [5, 5.41) is 1.27. The fourth-order valence-corrected chi connectivity index (χ4v) is 8.09. The molecule has 35 heavy (non-hydrogen) atoms. The normalized spacial score (nSPS) is 29.2. The zero-order chi connectivity index (χ0) is 23.6. The second-order valence-corrected chi connectivity index (χ2v) is 10.6. The number of ether oxygens (including phenoxy) is 1. The van der Waals surface area contributed by atoms with Crippen LogP contribution in [0.3, 0.4) is 0 Å². The van der Waals surface area contributed by atoms with Gasteiger partial charge in [0.2, 0.25) is 0 Å². The first-order chi connectivity index (χ1) is 17.2. The summed E-state index contributed by atoms with van der Waals surface area (Å²) in [4.78, 5) is 19.9. The Bertz CT molecular complexity index is 1430. The third-order valence-electron chi connectivity index (χ3n) is 9.29. The minimum Gasteiger partial charge on any atom is -0.469 e. The monoisotopic (exact) mass is 462 g/mol. The fourth-order valence-electron chi connectivity index (χ4n) is 8.09. The second kappa shape index (κ2) is 7.56. The molecule has 3 aliphatic carbocycles. The number of rotatable bonds is 4. The summed E-state index contributed by atoms with van der Waals surface area (Å²) in [5.74, 6) is 0.296. The number of nitrogens with zero attached hydrogens (tertiary/aromatic N) is 1. The molecule has 1 aromatic heterocycles. The number of para-hydroxylation sites is 1. The van der Waals surface area contributed by atoms with Crippen LogP contribution in [-0.2, 0) is 21.5 Å². The van der Waals surface area contributed by atoms with Gasteiger partial charge in [0.15, 0.2) is 0 Å². The summed E-state index contributed by atoms with van der Waals surface area (Å²) in [6, 6.07) is 28.1. The lowest BCUT2D eigenvalue weighted by Gasteiger charge is -2.59. The Morgan fingerprint density at radius 1 is 1.00 bits per heavy atom. The van der Waals surface area contributed by atoms with E-state index in [1.165, 1.54) is 27.6 Å². The molecule has 4 aliphatic rings. The maximum atomic E-state index is 13.9. The molecule has 4 heteroatoms. The van der Waals surface area contributed by atoms with Crippen LogP contribution in [-0.4, -0.2) is 36.1 Å². The first-order valence-electron chi connectivity index (χ1n) is 12.7. The van der Waals surface area contributed by atoms with Gasteiger partial charge in [0.05, 0.1) is 12.5 Å². The van der Waals surface area contributed by atoms with Crippen molar-refractivity contribution >= 4 is 16.9 Å². The van der Waals surface area contributed by atoms with Crippen molar-refractivity contribution in [1.29, 1.82) is 0 Å². The number of aromatic nitrogens is 1. The van der Waals surface area contributed by atoms with Gasteiger partial charge in [0, 0.05) is 54.0 Å². The van der Waals surface area contributed by atoms with Crippen LogP contribution >= 0.6 is 0 Å². The molecule has 4 atom stereocenters. The van der Waals surface area contributed by atoms with E-state index in [-0.39, 0.29) is 23.2 Å². The number of H-pyrrole nitrogens is 1. The average Bonchev–Trinajstić information content (AvgIpc) is 3.53. The number of carbonyl (C=O) groups excluding carboxylic acids is 1. The number of carbonyl (C=O) groups is 1. The van der Waals surface area contributed by atoms with E-state index in [9.17, 15) is 4.79 Å². The van der Waals surface area contributed by atoms with E-state index < -0.39 is 5.41 Å². The van der Waals surface area contributed by atoms with Crippen LogP contribution in [0.1, 0.15) is 41.0 Å². The van der Waals surface area contributed by atoms with Crippen LogP contribution in [0.15, 0.2) is 85.1 Å². The number of esters is 1. The zero-order valence-electron chi connectivity index (χ0n) is 20.0. The molecule has 4 aromatic rings. The molecule has 1 aliphatic heterocycles. The number of fused-ring (bicyclic) bond motifs is 2. The van der Waals surface area contributed by atoms with E-state index >= 15 is 0 Å². The van der Waals surface area contributed by atoms with Crippen molar-refractivity contribution in [3.63, 3.8) is 0 Å². The van der Waals surface area contributed by atoms with Crippen molar-refractivity contribution < 1.29 is 9.53 Å². The number of likely N-dealkylation sites (tertiary alicyclic amines) is 1. The van der Waals surface area contributed by atoms with Gasteiger partial charge in [0.1, 0.15) is 0 Å². The summed E-state index contributed by atoms with van der Waals surface area (Å²) in [6.45, 7) is 2.47. The predicted octanol–water partition coefficient (Wildman–Crippen LogP) is 5.64. The second-order valence-electron chi connectivity index (χ2n) is 10.6. The van der Waals surface area contributed by atoms with Gasteiger partial charge in [-0.2, -0.15) is 0 Å². The van der Waals surface area contributed by atoms with Gasteiger partial charge < -0.3 is 9.72 Å². The lowest BCUT2D eigenvalue weighted by atomic mass is 9.42. The van der Waals surface area contributed by atoms with Crippen molar-refractivity contribution in [2.75, 3.05) is 20.2 Å². The van der Waals surface area contributed by atoms with Gasteiger partial charge >= 0.3 is 5.97 Å². The molecule has 4 unspecified atom stereocenters. The van der Waals surface area contributed by atoms with Crippen LogP contribution in [0.4, 0.5) is 0 Å². The third-order valence-corrected chi connectivity index (χ3v) is 9.29. The Hall–Kier alpha value is -3.37. The van der Waals surface area contributed by atoms with E-state index in [2.05, 4.69) is 94.9 Å². The smallest absolute Gasteiger partial charge is 0.314 e. The van der Waals surface area contributed by atoms with Gasteiger partial charge in [-0.3, -0.25) is 9.69 Å². The van der Waals surface area contributed by atoms with Crippen LogP contribution in [0.5, 0.6) is 0 Å². The van der Waals surface area contributed by atoms with E-state index in [0.29, 0.717) is 0 Å². The van der Waals surface area contributed by atoms with Crippen molar-refractivity contribution in [2.45, 2.75) is 30.7 Å². The number of methoxy groups -OCH3 is 1. The Kier molecular flexibility index (Phi) is 4.53. The van der Waals surface area contributed by atoms with Crippen molar-refractivity contribution in [2.24, 2.45) is 11.3 Å². The number of aromatic amines is 1. The molecular weight excluding hydrogens is 432 g/mol. The molecule has 4 nitrogen and oxygen atoms in total. The van der Waals surface area contributed by atoms with E-state index in [4.69, 9.17) is 4.74 Å². The average molecular weight is 463 g/mol. The number of hydrogen-bond acceptors (Lipinski definition) is 3. The summed E-state index contributed by atoms with van der Waals surface area (Å²) in [6.07, 6.45) is 4.27. The molecule has 1 saturated carbocycles. The van der Waals surface area contributed by atoms with Crippen LogP contribution in [0.25, 0.3) is 10.9 Å². The molecule has 0 radical (unpaired) electrons. The van der Waals surface area contributed by atoms with Gasteiger partial charge in [-0.15, -0.1) is 0 Å². The Labute approximate surface area is 205 Å². The SMILES string of the molecule is COC(=O)C12CN(Cc3ccccc3)CC1C1(c3c[nH]c4ccccc34)CCC2c2ccccc21. The lowest BCUT2D eigenvalue weighted by molar-refractivity contribution is -0.161. The Morgan fingerprint density at radius 3 is 2.63 bits per heavy atom. The minimum absolute atomic E-state index is 0.0403. The van der Waals surface area contributed by atoms with Crippen molar-refractivity contribution in [3.05, 3.63) is 107 Å². The van der Waals surface area contributed by atoms with Crippen LogP contribution in [0, 0.1) is 11.3 Å². The molecule has 176 valence electrons. The first-order valence-corrected chi connectivity index (χ1v) is 12.7. The molecule has 1 N–H and O–H groups in total. The molecule has 8 rings (SSSR count). The molecular formula is C31H30N2O2. The lowest BCUT2D eigenvalue weighted by Crippen LogP contribution is -2.60. The largest absolute Gasteiger partial charge is 0.469 e. The highest BCUT2D eigenvalue weighted by atomic mass is 16.5. The van der Waals surface area contributed by atoms with Crippen LogP contribution < -0.4 is 0 Å². The van der Waals surface area contributed by atoms with Gasteiger partial charge in [0.25, 0.3) is 0 Å². The standard InChI is InChI=1S/C31H30N2O2/c1-35-29(34)31-20-33(18-21-9-3-2-4-10-21)19-28(31)30(26-17-32-27-14-8-6-12-23(26)27)16-15-25(31)22-11-5-7-13-24(22)30/h2-14,17,25,28,32H,15-16,18-20H2,1H3. The molecule has 2 fully saturated rings. The fraction of sp³-hybridized carbons (Fsp3) is 0.323. The topological polar surface area (TPSA) is 45.3 Å². The van der Waals surface area contributed by atoms with E-state index in [0.717, 1.165) is 38.0 Å². The first kappa shape index (κ1) is 21.0. The third kappa shape index (κ3) is 2.69. The quantitative estimate of drug-likeness (QED) is 0.400. The van der Waals surface area contributed by atoms with Crippen molar-refractivity contribution in [3.8, 4) is 0 Å². The minimum atomic E-state index is -0.547. The van der Waals surface area contributed by atoms with Crippen LogP contribution in [0.2, 0.25) is 0 Å². The molecule has 1 saturated heterocycles. The predicted molar refractivity (Wildman–Crippen MR) is 137 cm³/mol. The molecule has 0 amide bonds. The maximum Gasteiger partial charge on any atom is 0.314 e. The summed E-state index contributed by atoms with van der Waals surface area (Å²) in [5.41, 5.74) is 5.75. The summed E-state index contributed by atoms with van der Waals surface area (Å²) < 4.78 is 5.64. The summed E-state index contributed by atoms with van der Waals surface area (Å²) in [7, 11) is 1.57. The highest BCUT2D eigenvalue weighted by Crippen LogP contribution is 2.69. The van der Waals surface area contributed by atoms with E-state index in [1.54, 1.807) is 7.11 Å². The Morgan fingerprint density at radius 2 is 1.77 bits per heavy atom. The molecule has 0 spiro atoms. The van der Waals surface area contributed by atoms with Crippen molar-refractivity contribution in [1.82, 2.24) is 9.88 Å². The number of nitrogens with one attached hydrogen (secondary N) is 1.